The maximum Gasteiger partial charge on any atom is 0.272 e. The van der Waals surface area contributed by atoms with Crippen molar-refractivity contribution in [1.29, 1.82) is 0 Å². The largest absolute Gasteiger partial charge is 0.488 e. The average molecular weight is 413 g/mol. The quantitative estimate of drug-likeness (QED) is 0.411. The van der Waals surface area contributed by atoms with E-state index in [1.54, 1.807) is 18.2 Å². The number of aliphatic imine (C=N–C) groups is 1. The number of nitrogens with two attached hydrogens (primary N) is 1. The van der Waals surface area contributed by atoms with Crippen LogP contribution in [0, 0.1) is 5.92 Å². The molecule has 0 atom stereocenters. The maximum atomic E-state index is 12.1. The monoisotopic (exact) mass is 413 g/mol. The Morgan fingerprint density at radius 3 is 2.71 bits per heavy atom. The molecule has 3 N–H and O–H groups in total. The maximum absolute atomic E-state index is 12.1. The third-order valence-electron chi connectivity index (χ3n) is 2.40. The van der Waals surface area contributed by atoms with Gasteiger partial charge >= 0.3 is 0 Å². The van der Waals surface area contributed by atoms with Crippen LogP contribution < -0.4 is 15.8 Å². The number of hydrogen-bond donors (Lipinski definition) is 2. The van der Waals surface area contributed by atoms with E-state index in [9.17, 15) is 8.78 Å². The highest BCUT2D eigenvalue weighted by atomic mass is 127. The Morgan fingerprint density at radius 2 is 2.10 bits per heavy atom. The van der Waals surface area contributed by atoms with E-state index in [0.717, 1.165) is 12.1 Å². The molecule has 0 amide bonds. The van der Waals surface area contributed by atoms with Gasteiger partial charge < -0.3 is 15.8 Å². The second-order valence-electron chi connectivity index (χ2n) is 4.83. The number of rotatable bonds is 7. The molecule has 0 aliphatic heterocycles. The van der Waals surface area contributed by atoms with Crippen molar-refractivity contribution in [3.8, 4) is 5.75 Å². The van der Waals surface area contributed by atoms with Crippen LogP contribution in [-0.4, -0.2) is 25.5 Å². The highest BCUT2D eigenvalue weighted by Gasteiger charge is 2.04. The van der Waals surface area contributed by atoms with Crippen molar-refractivity contribution in [3.05, 3.63) is 29.8 Å². The molecule has 0 unspecified atom stereocenters. The molecule has 0 aliphatic rings. The van der Waals surface area contributed by atoms with Gasteiger partial charge in [0.1, 0.15) is 12.4 Å². The average Bonchev–Trinajstić information content (AvgIpc) is 2.41. The van der Waals surface area contributed by atoms with Crippen molar-refractivity contribution in [3.63, 3.8) is 0 Å². The van der Waals surface area contributed by atoms with Crippen molar-refractivity contribution in [2.45, 2.75) is 26.8 Å². The number of hydrogen-bond acceptors (Lipinski definition) is 2. The van der Waals surface area contributed by atoms with Gasteiger partial charge in [-0.3, -0.25) is 0 Å². The summed E-state index contributed by atoms with van der Waals surface area (Å²) in [4.78, 5) is 4.18. The van der Waals surface area contributed by atoms with Gasteiger partial charge in [-0.15, -0.1) is 24.0 Å². The van der Waals surface area contributed by atoms with Gasteiger partial charge in [0.2, 0.25) is 0 Å². The lowest BCUT2D eigenvalue weighted by Crippen LogP contribution is -2.34. The van der Waals surface area contributed by atoms with Crippen molar-refractivity contribution < 1.29 is 13.5 Å². The second kappa shape index (κ2) is 10.6. The smallest absolute Gasteiger partial charge is 0.272 e. The molecule has 0 bridgehead atoms. The first-order chi connectivity index (χ1) is 9.47. The minimum Gasteiger partial charge on any atom is -0.488 e. The Morgan fingerprint density at radius 1 is 1.38 bits per heavy atom. The van der Waals surface area contributed by atoms with Crippen molar-refractivity contribution in [2.75, 3.05) is 13.2 Å². The Hall–Kier alpha value is -1.12. The fourth-order valence-corrected chi connectivity index (χ4v) is 1.43. The summed E-state index contributed by atoms with van der Waals surface area (Å²) in [7, 11) is 0. The topological polar surface area (TPSA) is 59.6 Å². The number of halogens is 3. The third kappa shape index (κ3) is 9.43. The highest BCUT2D eigenvalue weighted by molar-refractivity contribution is 14.0. The lowest BCUT2D eigenvalue weighted by Gasteiger charge is -2.09. The highest BCUT2D eigenvalue weighted by Crippen LogP contribution is 2.14. The van der Waals surface area contributed by atoms with Gasteiger partial charge in [-0.05, 0) is 23.6 Å². The summed E-state index contributed by atoms with van der Waals surface area (Å²) in [6.45, 7) is 4.68. The normalized spacial score (nSPS) is 11.4. The van der Waals surface area contributed by atoms with Gasteiger partial charge in [0.25, 0.3) is 6.43 Å². The van der Waals surface area contributed by atoms with E-state index in [1.807, 2.05) is 6.07 Å². The number of nitrogens with one attached hydrogen (secondary N) is 1. The number of nitrogens with zero attached hydrogens (tertiary/aromatic N) is 1. The molecule has 120 valence electrons. The molecule has 21 heavy (non-hydrogen) atoms. The summed E-state index contributed by atoms with van der Waals surface area (Å²) < 4.78 is 29.1. The molecule has 0 saturated carbocycles. The van der Waals surface area contributed by atoms with Crippen LogP contribution in [0.3, 0.4) is 0 Å². The molecular formula is C14H22F2IN3O. The van der Waals surface area contributed by atoms with Crippen molar-refractivity contribution in [2.24, 2.45) is 16.6 Å². The van der Waals surface area contributed by atoms with Gasteiger partial charge in [-0.25, -0.2) is 13.8 Å². The van der Waals surface area contributed by atoms with Crippen molar-refractivity contribution in [1.82, 2.24) is 5.32 Å². The predicted octanol–water partition coefficient (Wildman–Crippen LogP) is 3.01. The molecule has 0 radical (unpaired) electrons. The van der Waals surface area contributed by atoms with Crippen LogP contribution in [0.25, 0.3) is 0 Å². The first-order valence-corrected chi connectivity index (χ1v) is 6.51. The fourth-order valence-electron chi connectivity index (χ4n) is 1.43. The fraction of sp³-hybridized carbons (Fsp3) is 0.500. The third-order valence-corrected chi connectivity index (χ3v) is 2.40. The van der Waals surface area contributed by atoms with E-state index in [-0.39, 0.29) is 24.0 Å². The molecule has 0 saturated heterocycles. The SMILES string of the molecule is CC(C)CNC(N)=NCc1cccc(OCC(F)F)c1.I. The van der Waals surface area contributed by atoms with Crippen LogP contribution in [0.5, 0.6) is 5.75 Å². The number of guanidine groups is 1. The summed E-state index contributed by atoms with van der Waals surface area (Å²) >= 11 is 0. The molecule has 0 spiro atoms. The molecular weight excluding hydrogens is 391 g/mol. The summed E-state index contributed by atoms with van der Waals surface area (Å²) in [6.07, 6.45) is -2.48. The minimum atomic E-state index is -2.48. The van der Waals surface area contributed by atoms with Gasteiger partial charge in [-0.2, -0.15) is 0 Å². The number of alkyl halides is 2. The van der Waals surface area contributed by atoms with Crippen LogP contribution in [0.4, 0.5) is 8.78 Å². The summed E-state index contributed by atoms with van der Waals surface area (Å²) in [6, 6.07) is 6.90. The van der Waals surface area contributed by atoms with Crippen LogP contribution in [0.15, 0.2) is 29.3 Å². The van der Waals surface area contributed by atoms with E-state index in [4.69, 9.17) is 10.5 Å². The summed E-state index contributed by atoms with van der Waals surface area (Å²) in [5.41, 5.74) is 6.57. The number of ether oxygens (including phenoxy) is 1. The van der Waals surface area contributed by atoms with Crippen LogP contribution >= 0.6 is 24.0 Å². The molecule has 0 aromatic heterocycles. The van der Waals surface area contributed by atoms with Crippen LogP contribution in [0.1, 0.15) is 19.4 Å². The summed E-state index contributed by atoms with van der Waals surface area (Å²) in [5, 5.41) is 3.00. The molecule has 4 nitrogen and oxygen atoms in total. The van der Waals surface area contributed by atoms with Gasteiger partial charge in [0.05, 0.1) is 6.54 Å². The zero-order valence-corrected chi connectivity index (χ0v) is 14.5. The second-order valence-corrected chi connectivity index (χ2v) is 4.83. The van der Waals surface area contributed by atoms with Gasteiger partial charge in [0, 0.05) is 6.54 Å². The van der Waals surface area contributed by atoms with E-state index in [1.165, 1.54) is 0 Å². The first kappa shape index (κ1) is 19.9. The van der Waals surface area contributed by atoms with Crippen LogP contribution in [-0.2, 0) is 6.54 Å². The summed E-state index contributed by atoms with van der Waals surface area (Å²) in [5.74, 6) is 1.26. The number of benzene rings is 1. The van der Waals surface area contributed by atoms with E-state index < -0.39 is 13.0 Å². The van der Waals surface area contributed by atoms with E-state index in [0.29, 0.717) is 24.2 Å². The molecule has 1 aromatic rings. The zero-order valence-electron chi connectivity index (χ0n) is 12.2. The van der Waals surface area contributed by atoms with Gasteiger partial charge in [0.15, 0.2) is 5.96 Å². The predicted molar refractivity (Wildman–Crippen MR) is 91.5 cm³/mol. The molecule has 0 fully saturated rings. The lowest BCUT2D eigenvalue weighted by atomic mass is 10.2. The Kier molecular flexibility index (Phi) is 10.0. The molecule has 1 aromatic carbocycles. The van der Waals surface area contributed by atoms with Crippen molar-refractivity contribution >= 4 is 29.9 Å². The Bertz CT molecular complexity index is 442. The molecule has 0 heterocycles. The molecule has 7 heteroatoms. The van der Waals surface area contributed by atoms with Crippen LogP contribution in [0.2, 0.25) is 0 Å². The molecule has 1 rings (SSSR count). The first-order valence-electron chi connectivity index (χ1n) is 6.51. The standard InChI is InChI=1S/C14H21F2N3O.HI/c1-10(2)7-18-14(17)19-8-11-4-3-5-12(6-11)20-9-13(15)16;/h3-6,10,13H,7-9H2,1-2H3,(H3,17,18,19);1H. The van der Waals surface area contributed by atoms with E-state index >= 15 is 0 Å². The zero-order chi connectivity index (χ0) is 15.0. The molecule has 0 aliphatic carbocycles. The Labute approximate surface area is 141 Å². The minimum absolute atomic E-state index is 0. The van der Waals surface area contributed by atoms with E-state index in [2.05, 4.69) is 24.2 Å². The van der Waals surface area contributed by atoms with Gasteiger partial charge in [-0.1, -0.05) is 26.0 Å². The lowest BCUT2D eigenvalue weighted by molar-refractivity contribution is 0.0818. The Balaban J connectivity index is 0.00000400.